The van der Waals surface area contributed by atoms with E-state index in [1.54, 1.807) is 55.5 Å². The second-order valence-electron chi connectivity index (χ2n) is 15.5. The molecule has 1 saturated heterocycles. The molecule has 5 atom stereocenters. The monoisotopic (exact) mass is 839 g/mol. The summed E-state index contributed by atoms with van der Waals surface area (Å²) in [5, 5.41) is 10.1. The zero-order valence-electron chi connectivity index (χ0n) is 33.8. The van der Waals surface area contributed by atoms with E-state index in [-0.39, 0.29) is 49.3 Å². The minimum absolute atomic E-state index is 0.00587. The molecule has 2 fully saturated rings. The van der Waals surface area contributed by atoms with Gasteiger partial charge in [-0.05, 0) is 61.1 Å². The Morgan fingerprint density at radius 3 is 2.14 bits per heavy atom. The quantitative estimate of drug-likeness (QED) is 0.106. The average Bonchev–Trinajstić information content (AvgIpc) is 3.67. The summed E-state index contributed by atoms with van der Waals surface area (Å²) < 4.78 is 34.2. The Morgan fingerprint density at radius 2 is 1.53 bits per heavy atom. The molecule has 6 amide bonds. The molecule has 2 unspecified atom stereocenters. The van der Waals surface area contributed by atoms with Gasteiger partial charge in [0.2, 0.25) is 39.4 Å². The first-order valence-corrected chi connectivity index (χ1v) is 21.6. The number of rotatable bonds is 20. The molecule has 59 heavy (non-hydrogen) atoms. The van der Waals surface area contributed by atoms with Gasteiger partial charge in [-0.25, -0.2) is 17.9 Å². The van der Waals surface area contributed by atoms with E-state index in [9.17, 15) is 42.0 Å². The number of hydrogen-bond donors (Lipinski definition) is 6. The lowest BCUT2D eigenvalue weighted by Crippen LogP contribution is -2.58. The van der Waals surface area contributed by atoms with Crippen LogP contribution in [0.5, 0.6) is 0 Å². The maximum Gasteiger partial charge on any atom is 0.407 e. The predicted octanol–water partition coefficient (Wildman–Crippen LogP) is 1.83. The third-order valence-electron chi connectivity index (χ3n) is 10.4. The number of nitrogens with zero attached hydrogens (tertiary/aromatic N) is 1. The molecule has 7 N–H and O–H groups in total. The van der Waals surface area contributed by atoms with E-state index in [0.717, 1.165) is 19.3 Å². The van der Waals surface area contributed by atoms with Gasteiger partial charge in [0.05, 0.1) is 24.1 Å². The first kappa shape index (κ1) is 46.3. The molecule has 2 aromatic rings. The molecular formula is C41H57N7O10S. The second kappa shape index (κ2) is 22.1. The minimum atomic E-state index is -3.94. The van der Waals surface area contributed by atoms with Gasteiger partial charge in [-0.3, -0.25) is 28.8 Å². The van der Waals surface area contributed by atoms with Gasteiger partial charge in [0.25, 0.3) is 5.91 Å². The van der Waals surface area contributed by atoms with Gasteiger partial charge in [0.1, 0.15) is 18.1 Å². The van der Waals surface area contributed by atoms with Crippen LogP contribution < -0.4 is 31.7 Å². The number of amides is 6. The number of ketones is 1. The van der Waals surface area contributed by atoms with Crippen LogP contribution >= 0.6 is 0 Å². The molecule has 1 aliphatic heterocycles. The van der Waals surface area contributed by atoms with Crippen molar-refractivity contribution in [1.82, 2.24) is 30.9 Å². The number of primary amides is 1. The van der Waals surface area contributed by atoms with Crippen LogP contribution in [-0.4, -0.2) is 99.1 Å². The van der Waals surface area contributed by atoms with Crippen molar-refractivity contribution in [3.05, 3.63) is 66.2 Å². The fourth-order valence-electron chi connectivity index (χ4n) is 7.32. The van der Waals surface area contributed by atoms with Crippen molar-refractivity contribution in [2.45, 2.75) is 101 Å². The van der Waals surface area contributed by atoms with Crippen molar-refractivity contribution in [1.29, 1.82) is 0 Å². The maximum atomic E-state index is 14.6. The van der Waals surface area contributed by atoms with E-state index in [2.05, 4.69) is 26.0 Å². The summed E-state index contributed by atoms with van der Waals surface area (Å²) in [6.45, 7) is 4.78. The Morgan fingerprint density at radius 1 is 0.881 bits per heavy atom. The molecule has 1 aliphatic carbocycles. The molecule has 0 aromatic heterocycles. The SMILES string of the molecule is CCCC(NC(=O)C1C[C@@H](CNS(=O)(=O)c2ccccc2)CN1C(=O)[C@@H](NC(=O)OCC(C)C)C1CCCCC1)C(=O)C(=O)NCC(=O)N[C@H](C(N)=O)c1ccccc1. The van der Waals surface area contributed by atoms with Crippen LogP contribution in [0.4, 0.5) is 4.79 Å². The normalized spacial score (nSPS) is 18.5. The van der Waals surface area contributed by atoms with Crippen molar-refractivity contribution in [3.63, 3.8) is 0 Å². The number of alkyl carbamates (subject to hydrolysis) is 1. The van der Waals surface area contributed by atoms with Gasteiger partial charge in [-0.2, -0.15) is 0 Å². The number of Topliss-reactive ketones (excluding diaryl/α,β-unsaturated/α-hetero) is 1. The van der Waals surface area contributed by atoms with E-state index in [4.69, 9.17) is 10.5 Å². The topological polar surface area (TPSA) is 252 Å². The number of carbonyl (C=O) groups excluding carboxylic acids is 7. The molecule has 0 bridgehead atoms. The summed E-state index contributed by atoms with van der Waals surface area (Å²) in [6, 6.07) is 11.2. The van der Waals surface area contributed by atoms with Crippen LogP contribution in [-0.2, 0) is 43.5 Å². The number of sulfonamides is 1. The largest absolute Gasteiger partial charge is 0.449 e. The van der Waals surface area contributed by atoms with E-state index in [0.29, 0.717) is 24.8 Å². The Labute approximate surface area is 345 Å². The molecule has 0 radical (unpaired) electrons. The Balaban J connectivity index is 1.51. The first-order chi connectivity index (χ1) is 28.1. The number of ether oxygens (including phenoxy) is 1. The lowest BCUT2D eigenvalue weighted by molar-refractivity contribution is -0.143. The minimum Gasteiger partial charge on any atom is -0.449 e. The summed E-state index contributed by atoms with van der Waals surface area (Å²) in [7, 11) is -3.94. The summed E-state index contributed by atoms with van der Waals surface area (Å²) >= 11 is 0. The van der Waals surface area contributed by atoms with Crippen molar-refractivity contribution in [2.75, 3.05) is 26.2 Å². The maximum absolute atomic E-state index is 14.6. The number of benzene rings is 2. The molecule has 18 heteroatoms. The van der Waals surface area contributed by atoms with E-state index < -0.39 is 88.1 Å². The summed E-state index contributed by atoms with van der Waals surface area (Å²) in [4.78, 5) is 94.3. The van der Waals surface area contributed by atoms with Crippen molar-refractivity contribution in [3.8, 4) is 0 Å². The van der Waals surface area contributed by atoms with E-state index >= 15 is 0 Å². The van der Waals surface area contributed by atoms with Crippen LogP contribution in [0.2, 0.25) is 0 Å². The highest BCUT2D eigenvalue weighted by Crippen LogP contribution is 2.31. The molecule has 322 valence electrons. The molecule has 0 spiro atoms. The molecular weight excluding hydrogens is 783 g/mol. The molecule has 2 aromatic carbocycles. The van der Waals surface area contributed by atoms with Gasteiger partial charge >= 0.3 is 6.09 Å². The van der Waals surface area contributed by atoms with Gasteiger partial charge in [0, 0.05) is 13.1 Å². The fourth-order valence-corrected chi connectivity index (χ4v) is 8.46. The number of nitrogens with one attached hydrogen (secondary N) is 5. The summed E-state index contributed by atoms with van der Waals surface area (Å²) in [5.74, 6) is -5.87. The predicted molar refractivity (Wildman–Crippen MR) is 216 cm³/mol. The van der Waals surface area contributed by atoms with Crippen LogP contribution in [0.1, 0.15) is 83.7 Å². The van der Waals surface area contributed by atoms with Gasteiger partial charge in [0.15, 0.2) is 0 Å². The van der Waals surface area contributed by atoms with Gasteiger partial charge < -0.3 is 36.6 Å². The van der Waals surface area contributed by atoms with Gasteiger partial charge in [-0.1, -0.05) is 95.0 Å². The molecule has 17 nitrogen and oxygen atoms in total. The number of carbonyl (C=O) groups is 7. The lowest BCUT2D eigenvalue weighted by Gasteiger charge is -2.34. The highest BCUT2D eigenvalue weighted by molar-refractivity contribution is 7.89. The van der Waals surface area contributed by atoms with Crippen molar-refractivity contribution in [2.24, 2.45) is 23.5 Å². The number of likely N-dealkylation sites (tertiary alicyclic amines) is 1. The zero-order chi connectivity index (χ0) is 43.1. The van der Waals surface area contributed by atoms with Crippen LogP contribution in [0.25, 0.3) is 0 Å². The summed E-state index contributed by atoms with van der Waals surface area (Å²) in [6.07, 6.45) is 3.60. The third kappa shape index (κ3) is 13.6. The van der Waals surface area contributed by atoms with Crippen LogP contribution in [0.3, 0.4) is 0 Å². The van der Waals surface area contributed by atoms with Gasteiger partial charge in [-0.15, -0.1) is 0 Å². The number of hydrogen-bond acceptors (Lipinski definition) is 10. The lowest BCUT2D eigenvalue weighted by atomic mass is 9.83. The van der Waals surface area contributed by atoms with Crippen molar-refractivity contribution < 1.29 is 46.7 Å². The summed E-state index contributed by atoms with van der Waals surface area (Å²) in [5.41, 5.74) is 5.89. The second-order valence-corrected chi connectivity index (χ2v) is 17.3. The molecule has 1 heterocycles. The Kier molecular flexibility index (Phi) is 17.4. The smallest absolute Gasteiger partial charge is 0.407 e. The van der Waals surface area contributed by atoms with E-state index in [1.807, 2.05) is 13.8 Å². The first-order valence-electron chi connectivity index (χ1n) is 20.2. The highest BCUT2D eigenvalue weighted by atomic mass is 32.2. The number of nitrogens with two attached hydrogens (primary N) is 1. The highest BCUT2D eigenvalue weighted by Gasteiger charge is 2.45. The molecule has 1 saturated carbocycles. The van der Waals surface area contributed by atoms with E-state index in [1.165, 1.54) is 17.0 Å². The average molecular weight is 840 g/mol. The molecule has 4 rings (SSSR count). The van der Waals surface area contributed by atoms with Crippen molar-refractivity contribution >= 4 is 51.4 Å². The third-order valence-corrected chi connectivity index (χ3v) is 11.8. The molecule has 2 aliphatic rings. The Bertz CT molecular complexity index is 1890. The van der Waals surface area contributed by atoms with Crippen LogP contribution in [0, 0.1) is 17.8 Å². The standard InChI is InChI=1S/C41H57N7O10S/c1-4-14-31(36(50)39(53)43-23-33(49)46-34(37(42)51)28-15-8-5-9-16-28)45-38(52)32-21-27(22-44-59(56,57)30-19-12-7-13-20-30)24-48(32)40(54)35(29-17-10-6-11-18-29)47-41(55)58-25-26(2)3/h5,7-9,12-13,15-16,19-20,26-27,29,31-32,34-35,44H,4,6,10-11,14,17-18,21-25H2,1-3H3,(H2,42,51)(H,43,53)(H,45,52)(H,46,49)(H,47,55)/t27-,31?,32?,34-,35-/m0/s1. The van der Waals surface area contributed by atoms with Crippen LogP contribution in [0.15, 0.2) is 65.6 Å². The fraction of sp³-hybridized carbons (Fsp3) is 0.537. The Hall–Kier alpha value is -5.36. The zero-order valence-corrected chi connectivity index (χ0v) is 34.6.